The van der Waals surface area contributed by atoms with Crippen molar-refractivity contribution >= 4 is 21.9 Å². The van der Waals surface area contributed by atoms with Crippen LogP contribution in [0.25, 0.3) is 11.5 Å². The molecular weight excluding hydrogens is 317 g/mol. The summed E-state index contributed by atoms with van der Waals surface area (Å²) in [6, 6.07) is 4.06. The first-order chi connectivity index (χ1) is 9.02. The standard InChI is InChI=1S/C13H11BrFNO3/c1-2-3-10-11(13(17)18)19-12(16-10)8-6-7(15)4-5-9(8)14/h4-6H,2-3H2,1H3,(H,17,18). The highest BCUT2D eigenvalue weighted by atomic mass is 79.9. The molecule has 19 heavy (non-hydrogen) atoms. The summed E-state index contributed by atoms with van der Waals surface area (Å²) < 4.78 is 19.1. The molecule has 0 fully saturated rings. The molecule has 100 valence electrons. The summed E-state index contributed by atoms with van der Waals surface area (Å²) >= 11 is 3.26. The van der Waals surface area contributed by atoms with Crippen molar-refractivity contribution < 1.29 is 18.7 Å². The smallest absolute Gasteiger partial charge is 0.373 e. The third-order valence-electron chi connectivity index (χ3n) is 2.54. The van der Waals surface area contributed by atoms with Gasteiger partial charge in [-0.05, 0) is 40.5 Å². The van der Waals surface area contributed by atoms with E-state index in [-0.39, 0.29) is 11.7 Å². The van der Waals surface area contributed by atoms with E-state index in [2.05, 4.69) is 20.9 Å². The maximum Gasteiger partial charge on any atom is 0.373 e. The normalized spacial score (nSPS) is 10.7. The Balaban J connectivity index is 2.53. The zero-order valence-corrected chi connectivity index (χ0v) is 11.7. The predicted octanol–water partition coefficient (Wildman–Crippen LogP) is 3.89. The topological polar surface area (TPSA) is 63.3 Å². The second-order valence-corrected chi connectivity index (χ2v) is 4.83. The summed E-state index contributed by atoms with van der Waals surface area (Å²) in [6.07, 6.45) is 1.24. The number of nitrogens with zero attached hydrogens (tertiary/aromatic N) is 1. The van der Waals surface area contributed by atoms with Crippen LogP contribution in [0.15, 0.2) is 27.1 Å². The molecule has 0 aliphatic carbocycles. The van der Waals surface area contributed by atoms with Gasteiger partial charge >= 0.3 is 5.97 Å². The first-order valence-corrected chi connectivity index (χ1v) is 6.50. The predicted molar refractivity (Wildman–Crippen MR) is 70.6 cm³/mol. The van der Waals surface area contributed by atoms with Crippen molar-refractivity contribution in [1.82, 2.24) is 4.98 Å². The molecule has 6 heteroatoms. The Morgan fingerprint density at radius 2 is 2.26 bits per heavy atom. The third-order valence-corrected chi connectivity index (χ3v) is 3.23. The summed E-state index contributed by atoms with van der Waals surface area (Å²) in [5.74, 6) is -1.69. The van der Waals surface area contributed by atoms with E-state index in [0.29, 0.717) is 22.2 Å². The lowest BCUT2D eigenvalue weighted by atomic mass is 10.2. The summed E-state index contributed by atoms with van der Waals surface area (Å²) in [5, 5.41) is 9.06. The van der Waals surface area contributed by atoms with Gasteiger partial charge in [0.1, 0.15) is 5.82 Å². The van der Waals surface area contributed by atoms with Crippen molar-refractivity contribution in [3.63, 3.8) is 0 Å². The molecule has 1 aromatic carbocycles. The van der Waals surface area contributed by atoms with Crippen LogP contribution in [-0.2, 0) is 6.42 Å². The maximum atomic E-state index is 13.2. The number of benzene rings is 1. The second-order valence-electron chi connectivity index (χ2n) is 3.97. The van der Waals surface area contributed by atoms with E-state index in [1.165, 1.54) is 18.2 Å². The number of oxazole rings is 1. The van der Waals surface area contributed by atoms with Crippen molar-refractivity contribution in [3.8, 4) is 11.5 Å². The van der Waals surface area contributed by atoms with Crippen LogP contribution >= 0.6 is 15.9 Å². The minimum Gasteiger partial charge on any atom is -0.475 e. The second kappa shape index (κ2) is 5.52. The van der Waals surface area contributed by atoms with Gasteiger partial charge in [0.2, 0.25) is 11.7 Å². The summed E-state index contributed by atoms with van der Waals surface area (Å²) in [5.41, 5.74) is 0.769. The average molecular weight is 328 g/mol. The molecule has 0 atom stereocenters. The Kier molecular flexibility index (Phi) is 3.99. The molecular formula is C13H11BrFNO3. The van der Waals surface area contributed by atoms with E-state index in [9.17, 15) is 9.18 Å². The largest absolute Gasteiger partial charge is 0.475 e. The Morgan fingerprint density at radius 1 is 1.53 bits per heavy atom. The van der Waals surface area contributed by atoms with Crippen LogP contribution in [0, 0.1) is 5.82 Å². The molecule has 0 aliphatic heterocycles. The molecule has 0 amide bonds. The van der Waals surface area contributed by atoms with Gasteiger partial charge in [0.05, 0.1) is 11.3 Å². The van der Waals surface area contributed by atoms with Crippen molar-refractivity contribution in [3.05, 3.63) is 39.9 Å². The monoisotopic (exact) mass is 327 g/mol. The van der Waals surface area contributed by atoms with Crippen LogP contribution < -0.4 is 0 Å². The van der Waals surface area contributed by atoms with Crippen LogP contribution in [-0.4, -0.2) is 16.1 Å². The van der Waals surface area contributed by atoms with Gasteiger partial charge in [-0.1, -0.05) is 13.3 Å². The van der Waals surface area contributed by atoms with Crippen LogP contribution in [0.5, 0.6) is 0 Å². The fraction of sp³-hybridized carbons (Fsp3) is 0.231. The fourth-order valence-corrected chi connectivity index (χ4v) is 2.12. The molecule has 0 saturated carbocycles. The van der Waals surface area contributed by atoms with E-state index in [0.717, 1.165) is 6.42 Å². The number of halogens is 2. The zero-order valence-electron chi connectivity index (χ0n) is 10.1. The van der Waals surface area contributed by atoms with Gasteiger partial charge in [-0.15, -0.1) is 0 Å². The molecule has 2 aromatic rings. The first-order valence-electron chi connectivity index (χ1n) is 5.71. The summed E-state index contributed by atoms with van der Waals surface area (Å²) in [6.45, 7) is 1.91. The Labute approximate surface area is 117 Å². The molecule has 0 aliphatic rings. The molecule has 0 saturated heterocycles. The van der Waals surface area contributed by atoms with Gasteiger partial charge < -0.3 is 9.52 Å². The van der Waals surface area contributed by atoms with Gasteiger partial charge in [0.15, 0.2) is 0 Å². The number of aromatic nitrogens is 1. The first kappa shape index (κ1) is 13.7. The number of carboxylic acids is 1. The van der Waals surface area contributed by atoms with E-state index in [4.69, 9.17) is 9.52 Å². The number of aromatic carboxylic acids is 1. The van der Waals surface area contributed by atoms with Crippen LogP contribution in [0.2, 0.25) is 0 Å². The van der Waals surface area contributed by atoms with Gasteiger partial charge in [0, 0.05) is 4.47 Å². The van der Waals surface area contributed by atoms with Crippen molar-refractivity contribution in [1.29, 1.82) is 0 Å². The summed E-state index contributed by atoms with van der Waals surface area (Å²) in [4.78, 5) is 15.2. The van der Waals surface area contributed by atoms with Crippen LogP contribution in [0.3, 0.4) is 0 Å². The highest BCUT2D eigenvalue weighted by Gasteiger charge is 2.21. The van der Waals surface area contributed by atoms with E-state index >= 15 is 0 Å². The van der Waals surface area contributed by atoms with Crippen molar-refractivity contribution in [2.75, 3.05) is 0 Å². The third kappa shape index (κ3) is 2.84. The average Bonchev–Trinajstić information content (AvgIpc) is 2.77. The van der Waals surface area contributed by atoms with E-state index in [1.54, 1.807) is 0 Å². The molecule has 1 heterocycles. The molecule has 1 N–H and O–H groups in total. The lowest BCUT2D eigenvalue weighted by molar-refractivity contribution is 0.0661. The Morgan fingerprint density at radius 3 is 2.89 bits per heavy atom. The van der Waals surface area contributed by atoms with Gasteiger partial charge in [0.25, 0.3) is 0 Å². The fourth-order valence-electron chi connectivity index (χ4n) is 1.70. The number of hydrogen-bond acceptors (Lipinski definition) is 3. The highest BCUT2D eigenvalue weighted by Crippen LogP contribution is 2.30. The molecule has 0 radical (unpaired) electrons. The lowest BCUT2D eigenvalue weighted by Crippen LogP contribution is -1.99. The zero-order chi connectivity index (χ0) is 14.0. The van der Waals surface area contributed by atoms with E-state index in [1.807, 2.05) is 6.92 Å². The molecule has 1 aromatic heterocycles. The van der Waals surface area contributed by atoms with Crippen LogP contribution in [0.1, 0.15) is 29.6 Å². The number of aryl methyl sites for hydroxylation is 1. The quantitative estimate of drug-likeness (QED) is 0.925. The van der Waals surface area contributed by atoms with Crippen molar-refractivity contribution in [2.24, 2.45) is 0 Å². The minimum absolute atomic E-state index is 0.104. The molecule has 0 unspecified atom stereocenters. The number of carbonyl (C=O) groups is 1. The van der Waals surface area contributed by atoms with Gasteiger partial charge in [-0.25, -0.2) is 14.2 Å². The Bertz CT molecular complexity index is 624. The molecule has 4 nitrogen and oxygen atoms in total. The van der Waals surface area contributed by atoms with E-state index < -0.39 is 11.8 Å². The molecule has 0 bridgehead atoms. The number of hydrogen-bond donors (Lipinski definition) is 1. The Hall–Kier alpha value is -1.69. The lowest BCUT2D eigenvalue weighted by Gasteiger charge is -1.99. The summed E-state index contributed by atoms with van der Waals surface area (Å²) in [7, 11) is 0. The molecule has 2 rings (SSSR count). The number of rotatable bonds is 4. The SMILES string of the molecule is CCCc1nc(-c2cc(F)ccc2Br)oc1C(=O)O. The maximum absolute atomic E-state index is 13.2. The van der Waals surface area contributed by atoms with Gasteiger partial charge in [-0.3, -0.25) is 0 Å². The van der Waals surface area contributed by atoms with Gasteiger partial charge in [-0.2, -0.15) is 0 Å². The van der Waals surface area contributed by atoms with Crippen molar-refractivity contribution in [2.45, 2.75) is 19.8 Å². The highest BCUT2D eigenvalue weighted by molar-refractivity contribution is 9.10. The number of carboxylic acid groups (broad SMARTS) is 1. The molecule has 0 spiro atoms. The van der Waals surface area contributed by atoms with Crippen LogP contribution in [0.4, 0.5) is 4.39 Å². The minimum atomic E-state index is -1.17.